The number of methoxy groups -OCH3 is 2. The van der Waals surface area contributed by atoms with Gasteiger partial charge in [-0.15, -0.1) is 0 Å². The molecular formula is C41H55F2N5O10S. The molecule has 2 aromatic rings. The lowest BCUT2D eigenvalue weighted by molar-refractivity contribution is -0.152. The number of amides is 4. The first-order valence-corrected chi connectivity index (χ1v) is 21.4. The van der Waals surface area contributed by atoms with Gasteiger partial charge in [-0.1, -0.05) is 26.0 Å². The summed E-state index contributed by atoms with van der Waals surface area (Å²) in [7, 11) is -1.07. The Bertz CT molecular complexity index is 2120. The van der Waals surface area contributed by atoms with E-state index >= 15 is 0 Å². The maximum Gasteiger partial charge on any atom is 0.408 e. The number of nitrogens with zero attached hydrogens (tertiary/aromatic N) is 2. The van der Waals surface area contributed by atoms with Crippen LogP contribution in [0.4, 0.5) is 13.6 Å². The third-order valence-corrected chi connectivity index (χ3v) is 14.6. The molecule has 3 N–H and O–H groups in total. The van der Waals surface area contributed by atoms with E-state index in [0.717, 1.165) is 13.8 Å². The van der Waals surface area contributed by atoms with Crippen LogP contribution in [0.5, 0.6) is 17.4 Å². The minimum Gasteiger partial charge on any atom is -0.493 e. The number of benzene rings is 1. The predicted molar refractivity (Wildman–Crippen MR) is 212 cm³/mol. The van der Waals surface area contributed by atoms with Crippen molar-refractivity contribution in [2.75, 3.05) is 20.8 Å². The van der Waals surface area contributed by atoms with Gasteiger partial charge in [-0.25, -0.2) is 27.0 Å². The number of sulfonamides is 1. The van der Waals surface area contributed by atoms with Crippen molar-refractivity contribution in [2.45, 2.75) is 126 Å². The van der Waals surface area contributed by atoms with Gasteiger partial charge < -0.3 is 34.5 Å². The number of nitrogens with one attached hydrogen (secondary N) is 3. The number of carbonyl (C=O) groups excluding carboxylic acids is 4. The molecule has 15 nitrogen and oxygen atoms in total. The van der Waals surface area contributed by atoms with Crippen molar-refractivity contribution >= 4 is 44.6 Å². The van der Waals surface area contributed by atoms with Gasteiger partial charge in [0.25, 0.3) is 11.8 Å². The first kappa shape index (κ1) is 43.8. The second kappa shape index (κ2) is 16.0. The topological polar surface area (TPSA) is 192 Å². The molecule has 0 radical (unpaired) electrons. The van der Waals surface area contributed by atoms with Crippen molar-refractivity contribution in [1.82, 2.24) is 25.2 Å². The Morgan fingerprint density at radius 2 is 1.73 bits per heavy atom. The Balaban J connectivity index is 1.36. The van der Waals surface area contributed by atoms with Gasteiger partial charge in [-0.3, -0.25) is 19.1 Å². The third kappa shape index (κ3) is 8.92. The van der Waals surface area contributed by atoms with Gasteiger partial charge in [0, 0.05) is 30.8 Å². The average molecular weight is 848 g/mol. The molecule has 1 aromatic heterocycles. The van der Waals surface area contributed by atoms with Crippen LogP contribution in [0.1, 0.15) is 86.5 Å². The van der Waals surface area contributed by atoms with Gasteiger partial charge in [0.05, 0.1) is 25.5 Å². The molecule has 3 fully saturated rings. The molecule has 1 aromatic carbocycles. The van der Waals surface area contributed by atoms with Crippen LogP contribution in [-0.2, 0) is 29.1 Å². The standard InChI is InChI=1S/C41H55F2N5O10S/c1-23-11-9-10-12-26-21-41(26,36(51)47-59(53,54)39(5)14-15-39)46-33(49)29-19-27(57-34-28-20-31(56-8)30(55-7)18-25(28)13-16-44-34)22-48(29)35(50)32(24(2)17-23)45-37(52)58-38(3,4)40(6,42)43/h10,12-13,16,18,20,23-24,26-27,29,32H,9,11,14-15,17,19,21-22H2,1-8H3,(H,45,52)(H,46,49)(H,47,51)/b12-10-/t23-,24-,26-,27-,29+,32+,41-/m1/s1. The summed E-state index contributed by atoms with van der Waals surface area (Å²) >= 11 is 0. The lowest BCUT2D eigenvalue weighted by Gasteiger charge is -2.35. The second-order valence-electron chi connectivity index (χ2n) is 17.4. The number of allylic oxidation sites excluding steroid dienone is 1. The molecule has 2 aliphatic heterocycles. The number of halogens is 2. The van der Waals surface area contributed by atoms with E-state index in [0.29, 0.717) is 61.3 Å². The Labute approximate surface area is 343 Å². The number of hydrogen-bond acceptors (Lipinski definition) is 11. The number of carbonyl (C=O) groups is 4. The van der Waals surface area contributed by atoms with E-state index in [1.807, 2.05) is 19.1 Å². The van der Waals surface area contributed by atoms with Crippen LogP contribution in [-0.4, -0.2) is 103 Å². The van der Waals surface area contributed by atoms with E-state index in [-0.39, 0.29) is 31.2 Å². The van der Waals surface area contributed by atoms with Crippen molar-refractivity contribution in [2.24, 2.45) is 17.8 Å². The monoisotopic (exact) mass is 847 g/mol. The van der Waals surface area contributed by atoms with E-state index in [4.69, 9.17) is 18.9 Å². The number of alkyl halides is 2. The van der Waals surface area contributed by atoms with Crippen molar-refractivity contribution in [3.05, 3.63) is 36.5 Å². The minimum atomic E-state index is -4.06. The number of rotatable bonds is 10. The lowest BCUT2D eigenvalue weighted by atomic mass is 9.88. The Morgan fingerprint density at radius 3 is 2.37 bits per heavy atom. The lowest BCUT2D eigenvalue weighted by Crippen LogP contribution is -2.59. The highest BCUT2D eigenvalue weighted by Gasteiger charge is 2.63. The van der Waals surface area contributed by atoms with E-state index in [2.05, 4.69) is 20.3 Å². The molecular weight excluding hydrogens is 793 g/mol. The molecule has 18 heteroatoms. The van der Waals surface area contributed by atoms with Gasteiger partial charge in [0.2, 0.25) is 27.7 Å². The van der Waals surface area contributed by atoms with Crippen LogP contribution < -0.4 is 29.6 Å². The molecule has 1 saturated heterocycles. The van der Waals surface area contributed by atoms with Crippen molar-refractivity contribution < 1.29 is 55.3 Å². The molecule has 2 saturated carbocycles. The molecule has 4 amide bonds. The minimum absolute atomic E-state index is 0.0132. The van der Waals surface area contributed by atoms with Crippen molar-refractivity contribution in [1.29, 1.82) is 0 Å². The van der Waals surface area contributed by atoms with Gasteiger partial charge in [-0.05, 0) is 94.7 Å². The van der Waals surface area contributed by atoms with E-state index in [1.165, 1.54) is 25.3 Å². The smallest absolute Gasteiger partial charge is 0.408 e. The average Bonchev–Trinajstić information content (AvgIpc) is 4.04. The van der Waals surface area contributed by atoms with Crippen LogP contribution >= 0.6 is 0 Å². The molecule has 0 spiro atoms. The first-order valence-electron chi connectivity index (χ1n) is 20.0. The highest BCUT2D eigenvalue weighted by molar-refractivity contribution is 7.91. The quantitative estimate of drug-likeness (QED) is 0.273. The number of fused-ring (bicyclic) bond motifs is 3. The van der Waals surface area contributed by atoms with E-state index in [1.54, 1.807) is 32.0 Å². The van der Waals surface area contributed by atoms with Crippen LogP contribution in [0.2, 0.25) is 0 Å². The molecule has 324 valence electrons. The number of alkyl carbamates (subject to hydrolysis) is 1. The molecule has 2 aliphatic carbocycles. The largest absolute Gasteiger partial charge is 0.493 e. The highest BCUT2D eigenvalue weighted by Crippen LogP contribution is 2.48. The molecule has 0 bridgehead atoms. The maximum atomic E-state index is 14.9. The molecule has 59 heavy (non-hydrogen) atoms. The summed E-state index contributed by atoms with van der Waals surface area (Å²) in [4.78, 5) is 62.4. The van der Waals surface area contributed by atoms with Gasteiger partial charge >= 0.3 is 6.09 Å². The zero-order valence-corrected chi connectivity index (χ0v) is 35.5. The maximum absolute atomic E-state index is 14.9. The number of ether oxygens (including phenoxy) is 4. The molecule has 0 unspecified atom stereocenters. The normalized spacial score (nSPS) is 29.1. The molecule has 7 atom stereocenters. The summed E-state index contributed by atoms with van der Waals surface area (Å²) in [5.41, 5.74) is -3.85. The summed E-state index contributed by atoms with van der Waals surface area (Å²) in [6, 6.07) is 2.58. The molecule has 6 rings (SSSR count). The van der Waals surface area contributed by atoms with Crippen LogP contribution in [0.15, 0.2) is 36.5 Å². The Kier molecular flexibility index (Phi) is 11.9. The zero-order chi connectivity index (χ0) is 43.3. The fourth-order valence-electron chi connectivity index (χ4n) is 7.80. The molecule has 3 heterocycles. The fourth-order valence-corrected chi connectivity index (χ4v) is 9.11. The molecule has 4 aliphatic rings. The van der Waals surface area contributed by atoms with Crippen LogP contribution in [0.25, 0.3) is 10.8 Å². The number of hydrogen-bond donors (Lipinski definition) is 3. The van der Waals surface area contributed by atoms with Crippen LogP contribution in [0.3, 0.4) is 0 Å². The van der Waals surface area contributed by atoms with Crippen molar-refractivity contribution in [3.63, 3.8) is 0 Å². The second-order valence-corrected chi connectivity index (χ2v) is 19.6. The zero-order valence-electron chi connectivity index (χ0n) is 34.7. The van der Waals surface area contributed by atoms with Crippen LogP contribution in [0, 0.1) is 17.8 Å². The van der Waals surface area contributed by atoms with E-state index in [9.17, 15) is 36.4 Å². The number of aromatic nitrogens is 1. The summed E-state index contributed by atoms with van der Waals surface area (Å²) < 4.78 is 79.0. The summed E-state index contributed by atoms with van der Waals surface area (Å²) in [6.07, 6.45) is 5.62. The number of pyridine rings is 1. The Hall–Kier alpha value is -4.74. The fraction of sp³-hybridized carbons (Fsp3) is 0.634. The summed E-state index contributed by atoms with van der Waals surface area (Å²) in [5.74, 6) is -5.75. The van der Waals surface area contributed by atoms with Gasteiger partial charge in [-0.2, -0.15) is 0 Å². The predicted octanol–water partition coefficient (Wildman–Crippen LogP) is 5.01. The first-order chi connectivity index (χ1) is 27.5. The third-order valence-electron chi connectivity index (χ3n) is 12.4. The van der Waals surface area contributed by atoms with Gasteiger partial charge in [0.15, 0.2) is 17.1 Å². The van der Waals surface area contributed by atoms with Gasteiger partial charge in [0.1, 0.15) is 23.7 Å². The Morgan fingerprint density at radius 1 is 1.05 bits per heavy atom. The van der Waals surface area contributed by atoms with E-state index < -0.39 is 85.7 Å². The SMILES string of the molecule is COc1cc2ccnc(O[C@@H]3C[C@H]4C(=O)N[C@]5(C(=O)NS(=O)(=O)C6(C)CC6)C[C@H]5/C=C\CC[C@@H](C)C[C@@H](C)[C@H](NC(=O)OC(C)(C)C(C)(F)F)C(=O)N4C3)c2cc1OC. The van der Waals surface area contributed by atoms with Crippen molar-refractivity contribution in [3.8, 4) is 17.4 Å². The summed E-state index contributed by atoms with van der Waals surface area (Å²) in [5, 5.41) is 6.64. The highest BCUT2D eigenvalue weighted by atomic mass is 32.2. The summed E-state index contributed by atoms with van der Waals surface area (Å²) in [6.45, 7) is 7.86.